The molecule has 0 unspecified atom stereocenters. The summed E-state index contributed by atoms with van der Waals surface area (Å²) in [6.45, 7) is 7.58. The van der Waals surface area contributed by atoms with E-state index in [0.717, 1.165) is 63.6 Å². The number of hydrogen-bond acceptors (Lipinski definition) is 4. The SMILES string of the molecule is Cc1cccc(C[C@@H]2CCCN(C(=O)CN3CCOCC3)C2)n1. The molecule has 23 heavy (non-hydrogen) atoms. The molecule has 0 bridgehead atoms. The van der Waals surface area contributed by atoms with E-state index in [1.807, 2.05) is 13.0 Å². The zero-order valence-electron chi connectivity index (χ0n) is 14.0. The molecule has 0 saturated carbocycles. The van der Waals surface area contributed by atoms with Crippen molar-refractivity contribution in [3.05, 3.63) is 29.6 Å². The lowest BCUT2D eigenvalue weighted by Crippen LogP contribution is -2.47. The van der Waals surface area contributed by atoms with Crippen molar-refractivity contribution in [2.45, 2.75) is 26.2 Å². The van der Waals surface area contributed by atoms with Crippen LogP contribution < -0.4 is 0 Å². The molecule has 1 atom stereocenters. The van der Waals surface area contributed by atoms with Gasteiger partial charge < -0.3 is 9.64 Å². The van der Waals surface area contributed by atoms with Gasteiger partial charge in [0.1, 0.15) is 0 Å². The van der Waals surface area contributed by atoms with Gasteiger partial charge in [0.15, 0.2) is 0 Å². The predicted molar refractivity (Wildman–Crippen MR) is 89.2 cm³/mol. The van der Waals surface area contributed by atoms with Gasteiger partial charge in [-0.3, -0.25) is 14.7 Å². The highest BCUT2D eigenvalue weighted by Crippen LogP contribution is 2.20. The normalized spacial score (nSPS) is 23.0. The standard InChI is InChI=1S/C18H27N3O2/c1-15-4-2-6-17(19-15)12-16-5-3-7-21(13-16)18(22)14-20-8-10-23-11-9-20/h2,4,6,16H,3,5,7-14H2,1H3/t16-/m0/s1. The third-order valence-electron chi connectivity index (χ3n) is 4.78. The van der Waals surface area contributed by atoms with E-state index < -0.39 is 0 Å². The second-order valence-corrected chi connectivity index (χ2v) is 6.71. The van der Waals surface area contributed by atoms with E-state index in [0.29, 0.717) is 12.5 Å². The molecule has 2 fully saturated rings. The van der Waals surface area contributed by atoms with Crippen LogP contribution in [0.2, 0.25) is 0 Å². The third kappa shape index (κ3) is 4.75. The molecule has 1 aromatic rings. The van der Waals surface area contributed by atoms with Crippen molar-refractivity contribution in [3.8, 4) is 0 Å². The van der Waals surface area contributed by atoms with Gasteiger partial charge in [-0.2, -0.15) is 0 Å². The van der Waals surface area contributed by atoms with E-state index >= 15 is 0 Å². The Hall–Kier alpha value is -1.46. The van der Waals surface area contributed by atoms with Crippen LogP contribution in [0, 0.1) is 12.8 Å². The molecule has 0 aliphatic carbocycles. The summed E-state index contributed by atoms with van der Waals surface area (Å²) in [5.41, 5.74) is 2.22. The third-order valence-corrected chi connectivity index (χ3v) is 4.78. The molecule has 0 aromatic carbocycles. The van der Waals surface area contributed by atoms with Gasteiger partial charge in [-0.05, 0) is 44.2 Å². The number of piperidine rings is 1. The van der Waals surface area contributed by atoms with Crippen LogP contribution in [0.25, 0.3) is 0 Å². The van der Waals surface area contributed by atoms with E-state index in [2.05, 4.69) is 26.9 Å². The molecule has 1 amide bonds. The Morgan fingerprint density at radius 1 is 1.30 bits per heavy atom. The quantitative estimate of drug-likeness (QED) is 0.844. The van der Waals surface area contributed by atoms with E-state index in [1.54, 1.807) is 0 Å². The second kappa shape index (κ2) is 7.88. The summed E-state index contributed by atoms with van der Waals surface area (Å²) in [6.07, 6.45) is 3.27. The first kappa shape index (κ1) is 16.4. The maximum Gasteiger partial charge on any atom is 0.236 e. The van der Waals surface area contributed by atoms with Crippen LogP contribution in [0.1, 0.15) is 24.2 Å². The number of aryl methyl sites for hydroxylation is 1. The van der Waals surface area contributed by atoms with Crippen molar-refractivity contribution in [2.24, 2.45) is 5.92 Å². The van der Waals surface area contributed by atoms with E-state index in [4.69, 9.17) is 4.74 Å². The molecule has 2 aliphatic rings. The summed E-state index contributed by atoms with van der Waals surface area (Å²) in [4.78, 5) is 21.4. The largest absolute Gasteiger partial charge is 0.379 e. The average molecular weight is 317 g/mol. The van der Waals surface area contributed by atoms with Gasteiger partial charge in [-0.25, -0.2) is 0 Å². The number of likely N-dealkylation sites (tertiary alicyclic amines) is 1. The minimum absolute atomic E-state index is 0.272. The Morgan fingerprint density at radius 2 is 2.13 bits per heavy atom. The van der Waals surface area contributed by atoms with Crippen molar-refractivity contribution in [3.63, 3.8) is 0 Å². The van der Waals surface area contributed by atoms with Crippen LogP contribution in [-0.4, -0.2) is 66.6 Å². The van der Waals surface area contributed by atoms with Crippen molar-refractivity contribution in [1.29, 1.82) is 0 Å². The number of amides is 1. The fourth-order valence-corrected chi connectivity index (χ4v) is 3.52. The molecule has 126 valence electrons. The molecule has 3 rings (SSSR count). The number of carbonyl (C=O) groups excluding carboxylic acids is 1. The van der Waals surface area contributed by atoms with E-state index in [9.17, 15) is 4.79 Å². The number of pyridine rings is 1. The Labute approximate surface area is 138 Å². The van der Waals surface area contributed by atoms with Crippen LogP contribution in [0.15, 0.2) is 18.2 Å². The summed E-state index contributed by atoms with van der Waals surface area (Å²) in [6, 6.07) is 6.20. The van der Waals surface area contributed by atoms with Crippen LogP contribution in [0.4, 0.5) is 0 Å². The first-order valence-corrected chi connectivity index (χ1v) is 8.71. The number of hydrogen-bond donors (Lipinski definition) is 0. The second-order valence-electron chi connectivity index (χ2n) is 6.71. The number of carbonyl (C=O) groups is 1. The minimum Gasteiger partial charge on any atom is -0.379 e. The molecule has 0 spiro atoms. The summed E-state index contributed by atoms with van der Waals surface area (Å²) >= 11 is 0. The Morgan fingerprint density at radius 3 is 2.91 bits per heavy atom. The Bertz CT molecular complexity index is 529. The van der Waals surface area contributed by atoms with Crippen LogP contribution >= 0.6 is 0 Å². The highest BCUT2D eigenvalue weighted by molar-refractivity contribution is 5.78. The molecule has 5 nitrogen and oxygen atoms in total. The molecule has 3 heterocycles. The number of morpholine rings is 1. The highest BCUT2D eigenvalue weighted by Gasteiger charge is 2.25. The minimum atomic E-state index is 0.272. The van der Waals surface area contributed by atoms with Crippen molar-refractivity contribution in [2.75, 3.05) is 45.9 Å². The van der Waals surface area contributed by atoms with Crippen LogP contribution in [0.5, 0.6) is 0 Å². The summed E-state index contributed by atoms with van der Waals surface area (Å²) in [5.74, 6) is 0.806. The number of nitrogens with zero attached hydrogens (tertiary/aromatic N) is 3. The molecule has 0 radical (unpaired) electrons. The smallest absolute Gasteiger partial charge is 0.236 e. The van der Waals surface area contributed by atoms with Crippen molar-refractivity contribution < 1.29 is 9.53 Å². The van der Waals surface area contributed by atoms with Crippen molar-refractivity contribution >= 4 is 5.91 Å². The Balaban J connectivity index is 1.52. The Kier molecular flexibility index (Phi) is 5.62. The van der Waals surface area contributed by atoms with E-state index in [1.165, 1.54) is 6.42 Å². The van der Waals surface area contributed by atoms with Gasteiger partial charge in [0, 0.05) is 37.6 Å². The van der Waals surface area contributed by atoms with Gasteiger partial charge in [-0.1, -0.05) is 6.07 Å². The monoisotopic (exact) mass is 317 g/mol. The molecule has 0 N–H and O–H groups in total. The van der Waals surface area contributed by atoms with Gasteiger partial charge in [0.25, 0.3) is 0 Å². The lowest BCUT2D eigenvalue weighted by molar-refractivity contribution is -0.135. The summed E-state index contributed by atoms with van der Waals surface area (Å²) < 4.78 is 5.35. The summed E-state index contributed by atoms with van der Waals surface area (Å²) in [5, 5.41) is 0. The molecular weight excluding hydrogens is 290 g/mol. The highest BCUT2D eigenvalue weighted by atomic mass is 16.5. The lowest BCUT2D eigenvalue weighted by atomic mass is 9.93. The molecule has 2 aliphatic heterocycles. The number of rotatable bonds is 4. The molecule has 1 aromatic heterocycles. The topological polar surface area (TPSA) is 45.7 Å². The predicted octanol–water partition coefficient (Wildman–Crippen LogP) is 1.50. The fourth-order valence-electron chi connectivity index (χ4n) is 3.52. The van der Waals surface area contributed by atoms with Gasteiger partial charge >= 0.3 is 0 Å². The van der Waals surface area contributed by atoms with Gasteiger partial charge in [-0.15, -0.1) is 0 Å². The average Bonchev–Trinajstić information content (AvgIpc) is 2.56. The maximum absolute atomic E-state index is 12.5. The lowest BCUT2D eigenvalue weighted by Gasteiger charge is -2.35. The molecule has 5 heteroatoms. The van der Waals surface area contributed by atoms with E-state index in [-0.39, 0.29) is 5.91 Å². The zero-order valence-corrected chi connectivity index (χ0v) is 14.0. The first-order valence-electron chi connectivity index (χ1n) is 8.71. The van der Waals surface area contributed by atoms with Gasteiger partial charge in [0.2, 0.25) is 5.91 Å². The number of aromatic nitrogens is 1. The zero-order chi connectivity index (χ0) is 16.1. The van der Waals surface area contributed by atoms with Crippen LogP contribution in [0.3, 0.4) is 0 Å². The fraction of sp³-hybridized carbons (Fsp3) is 0.667. The molecular formula is C18H27N3O2. The van der Waals surface area contributed by atoms with Gasteiger partial charge in [0.05, 0.1) is 19.8 Å². The molecule has 2 saturated heterocycles. The first-order chi connectivity index (χ1) is 11.2. The van der Waals surface area contributed by atoms with Crippen molar-refractivity contribution in [1.82, 2.24) is 14.8 Å². The summed E-state index contributed by atoms with van der Waals surface area (Å²) in [7, 11) is 0. The van der Waals surface area contributed by atoms with Crippen LogP contribution in [-0.2, 0) is 16.0 Å². The number of ether oxygens (including phenoxy) is 1. The maximum atomic E-state index is 12.5.